The Bertz CT molecular complexity index is 583. The van der Waals surface area contributed by atoms with Gasteiger partial charge in [-0.25, -0.2) is 0 Å². The van der Waals surface area contributed by atoms with Gasteiger partial charge in [0.25, 0.3) is 0 Å². The van der Waals surface area contributed by atoms with Crippen LogP contribution in [-0.4, -0.2) is 54.8 Å². The molecule has 1 spiro atoms. The average molecular weight is 316 g/mol. The summed E-state index contributed by atoms with van der Waals surface area (Å²) < 4.78 is 5.19. The van der Waals surface area contributed by atoms with Crippen LogP contribution in [-0.2, 0) is 0 Å². The zero-order chi connectivity index (χ0) is 16.3. The number of nitriles is 1. The van der Waals surface area contributed by atoms with E-state index in [1.54, 1.807) is 6.07 Å². The number of nitrogens with one attached hydrogen (secondary N) is 1. The van der Waals surface area contributed by atoms with Crippen molar-refractivity contribution >= 4 is 0 Å². The molecule has 0 amide bonds. The second kappa shape index (κ2) is 6.83. The SMILES string of the molecule is COc1cc([C@H](O)CN2CCC3(CCNC3)CC2)ncc1C#N. The number of ether oxygens (including phenoxy) is 1. The van der Waals surface area contributed by atoms with Crippen LogP contribution < -0.4 is 10.1 Å². The third kappa shape index (κ3) is 3.47. The van der Waals surface area contributed by atoms with E-state index in [4.69, 9.17) is 10.00 Å². The molecule has 0 bridgehead atoms. The number of likely N-dealkylation sites (tertiary alicyclic amines) is 1. The molecule has 1 atom stereocenters. The zero-order valence-corrected chi connectivity index (χ0v) is 13.6. The Balaban J connectivity index is 1.59. The summed E-state index contributed by atoms with van der Waals surface area (Å²) in [6, 6.07) is 3.70. The Morgan fingerprint density at radius 3 is 2.87 bits per heavy atom. The molecule has 2 aliphatic heterocycles. The molecule has 0 aromatic carbocycles. The van der Waals surface area contributed by atoms with Crippen molar-refractivity contribution in [1.29, 1.82) is 5.26 Å². The minimum atomic E-state index is -0.660. The molecule has 0 aliphatic carbocycles. The van der Waals surface area contributed by atoms with E-state index in [1.807, 2.05) is 6.07 Å². The molecule has 1 aromatic rings. The van der Waals surface area contributed by atoms with Gasteiger partial charge in [-0.2, -0.15) is 5.26 Å². The number of aliphatic hydroxyl groups is 1. The maximum Gasteiger partial charge on any atom is 0.140 e. The fourth-order valence-corrected chi connectivity index (χ4v) is 3.66. The number of piperidine rings is 1. The summed E-state index contributed by atoms with van der Waals surface area (Å²) in [6.45, 7) is 4.89. The summed E-state index contributed by atoms with van der Waals surface area (Å²) in [4.78, 5) is 6.51. The van der Waals surface area contributed by atoms with Crippen LogP contribution in [0, 0.1) is 16.7 Å². The number of pyridine rings is 1. The molecule has 0 saturated carbocycles. The van der Waals surface area contributed by atoms with Crippen molar-refractivity contribution in [3.8, 4) is 11.8 Å². The van der Waals surface area contributed by atoms with Gasteiger partial charge in [0.1, 0.15) is 23.5 Å². The first-order chi connectivity index (χ1) is 11.2. The first-order valence-corrected chi connectivity index (χ1v) is 8.21. The number of aromatic nitrogens is 1. The van der Waals surface area contributed by atoms with E-state index >= 15 is 0 Å². The molecule has 2 aliphatic rings. The lowest BCUT2D eigenvalue weighted by molar-refractivity contribution is 0.0627. The summed E-state index contributed by atoms with van der Waals surface area (Å²) in [5.41, 5.74) is 1.43. The van der Waals surface area contributed by atoms with Crippen LogP contribution in [0.5, 0.6) is 5.75 Å². The molecular formula is C17H24N4O2. The van der Waals surface area contributed by atoms with Gasteiger partial charge in [-0.05, 0) is 44.3 Å². The van der Waals surface area contributed by atoms with E-state index in [2.05, 4.69) is 15.2 Å². The Hall–Kier alpha value is -1.68. The van der Waals surface area contributed by atoms with Crippen LogP contribution >= 0.6 is 0 Å². The summed E-state index contributed by atoms with van der Waals surface area (Å²) in [5.74, 6) is 0.464. The molecule has 6 heteroatoms. The van der Waals surface area contributed by atoms with Crippen molar-refractivity contribution in [3.63, 3.8) is 0 Å². The third-order valence-corrected chi connectivity index (χ3v) is 5.25. The average Bonchev–Trinajstić information content (AvgIpc) is 3.04. The first kappa shape index (κ1) is 16.2. The van der Waals surface area contributed by atoms with Crippen molar-refractivity contribution in [2.75, 3.05) is 39.8 Å². The molecule has 0 radical (unpaired) electrons. The molecule has 2 N–H and O–H groups in total. The number of methoxy groups -OCH3 is 1. The van der Waals surface area contributed by atoms with Crippen molar-refractivity contribution in [1.82, 2.24) is 15.2 Å². The summed E-state index contributed by atoms with van der Waals surface area (Å²) >= 11 is 0. The van der Waals surface area contributed by atoms with E-state index < -0.39 is 6.10 Å². The van der Waals surface area contributed by atoms with Gasteiger partial charge in [0.2, 0.25) is 0 Å². The van der Waals surface area contributed by atoms with Gasteiger partial charge in [-0.1, -0.05) is 0 Å². The molecule has 23 heavy (non-hydrogen) atoms. The highest BCUT2D eigenvalue weighted by atomic mass is 16.5. The molecule has 1 aromatic heterocycles. The van der Waals surface area contributed by atoms with Crippen molar-refractivity contribution in [2.45, 2.75) is 25.4 Å². The Kier molecular flexibility index (Phi) is 4.81. The van der Waals surface area contributed by atoms with Gasteiger partial charge in [0.15, 0.2) is 0 Å². The van der Waals surface area contributed by atoms with Crippen LogP contribution in [0.25, 0.3) is 0 Å². The van der Waals surface area contributed by atoms with E-state index in [0.717, 1.165) is 26.2 Å². The number of aliphatic hydroxyl groups excluding tert-OH is 1. The molecular weight excluding hydrogens is 292 g/mol. The van der Waals surface area contributed by atoms with Gasteiger partial charge in [-0.15, -0.1) is 0 Å². The summed E-state index contributed by atoms with van der Waals surface area (Å²) in [5, 5.41) is 22.9. The van der Waals surface area contributed by atoms with Crippen LogP contribution in [0.1, 0.15) is 36.6 Å². The van der Waals surface area contributed by atoms with E-state index in [9.17, 15) is 5.11 Å². The molecule has 3 rings (SSSR count). The molecule has 0 unspecified atom stereocenters. The topological polar surface area (TPSA) is 81.4 Å². The highest BCUT2D eigenvalue weighted by molar-refractivity contribution is 5.42. The second-order valence-corrected chi connectivity index (χ2v) is 6.66. The predicted molar refractivity (Wildman–Crippen MR) is 86.1 cm³/mol. The van der Waals surface area contributed by atoms with Gasteiger partial charge >= 0.3 is 0 Å². The minimum Gasteiger partial charge on any atom is -0.495 e. The summed E-state index contributed by atoms with van der Waals surface area (Å²) in [7, 11) is 1.52. The first-order valence-electron chi connectivity index (χ1n) is 8.21. The largest absolute Gasteiger partial charge is 0.495 e. The minimum absolute atomic E-state index is 0.386. The zero-order valence-electron chi connectivity index (χ0n) is 13.6. The lowest BCUT2D eigenvalue weighted by Gasteiger charge is -2.39. The van der Waals surface area contributed by atoms with Crippen LogP contribution in [0.2, 0.25) is 0 Å². The third-order valence-electron chi connectivity index (χ3n) is 5.25. The predicted octanol–water partition coefficient (Wildman–Crippen LogP) is 1.07. The fourth-order valence-electron chi connectivity index (χ4n) is 3.66. The quantitative estimate of drug-likeness (QED) is 0.865. The normalized spacial score (nSPS) is 22.0. The lowest BCUT2D eigenvalue weighted by atomic mass is 9.78. The molecule has 2 saturated heterocycles. The van der Waals surface area contributed by atoms with Gasteiger partial charge in [0.05, 0.1) is 12.8 Å². The standard InChI is InChI=1S/C17H24N4O2/c1-23-16-8-14(20-10-13(16)9-18)15(22)11-21-6-3-17(4-7-21)2-5-19-12-17/h8,10,15,19,22H,2-7,11-12H2,1H3/t15-/m1/s1. The Morgan fingerprint density at radius 1 is 1.48 bits per heavy atom. The maximum atomic E-state index is 10.5. The number of nitrogens with zero attached hydrogens (tertiary/aromatic N) is 3. The van der Waals surface area contributed by atoms with Crippen molar-refractivity contribution < 1.29 is 9.84 Å². The van der Waals surface area contributed by atoms with Gasteiger partial charge < -0.3 is 20.1 Å². The lowest BCUT2D eigenvalue weighted by Crippen LogP contribution is -2.42. The Labute approximate surface area is 137 Å². The highest BCUT2D eigenvalue weighted by Crippen LogP contribution is 2.37. The number of rotatable bonds is 4. The monoisotopic (exact) mass is 316 g/mol. The molecule has 2 fully saturated rings. The fraction of sp³-hybridized carbons (Fsp3) is 0.647. The Morgan fingerprint density at radius 2 is 2.26 bits per heavy atom. The van der Waals surface area contributed by atoms with Crippen LogP contribution in [0.4, 0.5) is 0 Å². The van der Waals surface area contributed by atoms with E-state index in [1.165, 1.54) is 32.6 Å². The number of hydrogen-bond acceptors (Lipinski definition) is 6. The van der Waals surface area contributed by atoms with E-state index in [-0.39, 0.29) is 0 Å². The van der Waals surface area contributed by atoms with Crippen LogP contribution in [0.15, 0.2) is 12.3 Å². The van der Waals surface area contributed by atoms with Crippen molar-refractivity contribution in [2.24, 2.45) is 5.41 Å². The molecule has 6 nitrogen and oxygen atoms in total. The smallest absolute Gasteiger partial charge is 0.140 e. The summed E-state index contributed by atoms with van der Waals surface area (Å²) in [6.07, 6.45) is 4.46. The van der Waals surface area contributed by atoms with Gasteiger partial charge in [-0.3, -0.25) is 4.98 Å². The van der Waals surface area contributed by atoms with Crippen molar-refractivity contribution in [3.05, 3.63) is 23.5 Å². The van der Waals surface area contributed by atoms with Gasteiger partial charge in [0, 0.05) is 25.4 Å². The maximum absolute atomic E-state index is 10.5. The second-order valence-electron chi connectivity index (χ2n) is 6.66. The van der Waals surface area contributed by atoms with E-state index in [0.29, 0.717) is 29.0 Å². The molecule has 124 valence electrons. The molecule has 3 heterocycles. The number of hydrogen-bond donors (Lipinski definition) is 2. The highest BCUT2D eigenvalue weighted by Gasteiger charge is 2.37. The number of β-amino-alcohol motifs (C(OH)–C–C–N with tert-alkyl or cyclic N) is 1. The van der Waals surface area contributed by atoms with Crippen LogP contribution in [0.3, 0.4) is 0 Å².